The van der Waals surface area contributed by atoms with Gasteiger partial charge in [0.1, 0.15) is 11.2 Å². The smallest absolute Gasteiger partial charge is 0.369 e. The van der Waals surface area contributed by atoms with Crippen LogP contribution >= 0.6 is 15.2 Å². The molecule has 3 aromatic carbocycles. The van der Waals surface area contributed by atoms with Crippen LogP contribution in [0.25, 0.3) is 33.1 Å². The molecule has 156 valence electrons. The Hall–Kier alpha value is -2.28. The quantitative estimate of drug-likeness (QED) is 0.290. The maximum Gasteiger partial charge on any atom is 0.369 e. The van der Waals surface area contributed by atoms with E-state index in [-0.39, 0.29) is 5.56 Å². The Balaban J connectivity index is 1.83. The SMILES string of the molecule is O=P(O)(O)C(O)(Cc1cccc(-c2cccc3c2oc2ccccc23)c1)P(=O)(O)O. The molecule has 0 aliphatic rings. The third kappa shape index (κ3) is 3.43. The highest BCUT2D eigenvalue weighted by Gasteiger charge is 2.59. The van der Waals surface area contributed by atoms with Crippen LogP contribution in [0.15, 0.2) is 71.1 Å². The topological polar surface area (TPSA) is 148 Å². The molecular weight excluding hydrogens is 430 g/mol. The van der Waals surface area contributed by atoms with Gasteiger partial charge in [0.05, 0.1) is 0 Å². The first-order chi connectivity index (χ1) is 14.0. The molecule has 8 nitrogen and oxygen atoms in total. The number of hydrogen-bond acceptors (Lipinski definition) is 4. The Labute approximate surface area is 170 Å². The van der Waals surface area contributed by atoms with E-state index in [0.717, 1.165) is 10.8 Å². The van der Waals surface area contributed by atoms with Crippen molar-refractivity contribution in [1.82, 2.24) is 0 Å². The third-order valence-corrected chi connectivity index (χ3v) is 8.76. The molecule has 0 spiro atoms. The second-order valence-electron chi connectivity index (χ2n) is 7.02. The molecule has 0 unspecified atom stereocenters. The van der Waals surface area contributed by atoms with E-state index in [1.807, 2.05) is 42.5 Å². The summed E-state index contributed by atoms with van der Waals surface area (Å²) in [4.78, 5) is 37.6. The normalized spacial score (nSPS) is 13.2. The highest BCUT2D eigenvalue weighted by Crippen LogP contribution is 2.68. The molecule has 0 amide bonds. The Morgan fingerprint density at radius 3 is 2.13 bits per heavy atom. The van der Waals surface area contributed by atoms with Crippen LogP contribution in [0, 0.1) is 0 Å². The Morgan fingerprint density at radius 1 is 0.800 bits per heavy atom. The van der Waals surface area contributed by atoms with Crippen LogP contribution in [0.1, 0.15) is 5.56 Å². The second kappa shape index (κ2) is 7.15. The zero-order valence-electron chi connectivity index (χ0n) is 15.4. The Kier molecular flexibility index (Phi) is 5.00. The van der Waals surface area contributed by atoms with Gasteiger partial charge in [-0.05, 0) is 17.2 Å². The molecule has 0 saturated heterocycles. The van der Waals surface area contributed by atoms with E-state index in [4.69, 9.17) is 4.42 Å². The summed E-state index contributed by atoms with van der Waals surface area (Å²) >= 11 is 0. The van der Waals surface area contributed by atoms with Gasteiger partial charge in [-0.1, -0.05) is 60.7 Å². The van der Waals surface area contributed by atoms with Gasteiger partial charge >= 0.3 is 15.2 Å². The lowest BCUT2D eigenvalue weighted by Gasteiger charge is -2.29. The molecule has 4 aromatic rings. The molecule has 0 bridgehead atoms. The first kappa shape index (κ1) is 21.0. The highest BCUT2D eigenvalue weighted by atomic mass is 31.2. The van der Waals surface area contributed by atoms with E-state index < -0.39 is 26.7 Å². The van der Waals surface area contributed by atoms with Crippen molar-refractivity contribution in [3.8, 4) is 11.1 Å². The maximum atomic E-state index is 11.7. The fraction of sp³-hybridized carbons (Fsp3) is 0.100. The van der Waals surface area contributed by atoms with E-state index in [2.05, 4.69) is 0 Å². The lowest BCUT2D eigenvalue weighted by molar-refractivity contribution is 0.131. The number of furan rings is 1. The fourth-order valence-electron chi connectivity index (χ4n) is 3.47. The molecule has 1 heterocycles. The monoisotopic (exact) mass is 448 g/mol. The molecule has 10 heteroatoms. The zero-order chi connectivity index (χ0) is 21.7. The summed E-state index contributed by atoms with van der Waals surface area (Å²) in [6.07, 6.45) is -0.925. The van der Waals surface area contributed by atoms with Crippen molar-refractivity contribution >= 4 is 37.1 Å². The summed E-state index contributed by atoms with van der Waals surface area (Å²) in [5.41, 5.74) is 2.76. The van der Waals surface area contributed by atoms with Crippen LogP contribution in [0.5, 0.6) is 0 Å². The average molecular weight is 448 g/mol. The summed E-state index contributed by atoms with van der Waals surface area (Å²) in [5.74, 6) is 0. The van der Waals surface area contributed by atoms with E-state index >= 15 is 0 Å². The Morgan fingerprint density at radius 2 is 1.43 bits per heavy atom. The van der Waals surface area contributed by atoms with Gasteiger partial charge in [-0.25, -0.2) is 0 Å². The van der Waals surface area contributed by atoms with Crippen molar-refractivity contribution in [3.05, 3.63) is 72.3 Å². The summed E-state index contributed by atoms with van der Waals surface area (Å²) in [6, 6.07) is 19.3. The van der Waals surface area contributed by atoms with E-state index in [9.17, 15) is 33.8 Å². The zero-order valence-corrected chi connectivity index (χ0v) is 17.2. The van der Waals surface area contributed by atoms with Gasteiger partial charge in [-0.15, -0.1) is 0 Å². The van der Waals surface area contributed by atoms with Crippen molar-refractivity contribution < 1.29 is 38.2 Å². The van der Waals surface area contributed by atoms with Gasteiger partial charge in [0.2, 0.25) is 0 Å². The molecule has 0 fully saturated rings. The maximum absolute atomic E-state index is 11.7. The molecule has 5 N–H and O–H groups in total. The predicted octanol–water partition coefficient (Wildman–Crippen LogP) is 3.80. The minimum absolute atomic E-state index is 0.148. The van der Waals surface area contributed by atoms with Crippen molar-refractivity contribution in [2.45, 2.75) is 11.5 Å². The van der Waals surface area contributed by atoms with Crippen molar-refractivity contribution in [3.63, 3.8) is 0 Å². The van der Waals surface area contributed by atoms with E-state index in [1.54, 1.807) is 12.1 Å². The van der Waals surface area contributed by atoms with Gasteiger partial charge in [-0.3, -0.25) is 9.13 Å². The van der Waals surface area contributed by atoms with Gasteiger partial charge in [0.25, 0.3) is 5.08 Å². The van der Waals surface area contributed by atoms with Crippen LogP contribution in [0.2, 0.25) is 0 Å². The third-order valence-electron chi connectivity index (χ3n) is 5.02. The molecule has 0 atom stereocenters. The van der Waals surface area contributed by atoms with Gasteiger partial charge in [-0.2, -0.15) is 0 Å². The van der Waals surface area contributed by atoms with Crippen LogP contribution in [0.3, 0.4) is 0 Å². The van der Waals surface area contributed by atoms with Crippen LogP contribution in [0.4, 0.5) is 0 Å². The van der Waals surface area contributed by atoms with E-state index in [0.29, 0.717) is 22.3 Å². The van der Waals surface area contributed by atoms with Crippen molar-refractivity contribution in [1.29, 1.82) is 0 Å². The van der Waals surface area contributed by atoms with E-state index in [1.165, 1.54) is 12.1 Å². The minimum atomic E-state index is -5.55. The minimum Gasteiger partial charge on any atom is -0.455 e. The van der Waals surface area contributed by atoms with Crippen molar-refractivity contribution in [2.75, 3.05) is 0 Å². The lowest BCUT2D eigenvalue weighted by atomic mass is 9.99. The molecule has 0 aliphatic heterocycles. The van der Waals surface area contributed by atoms with Crippen molar-refractivity contribution in [2.24, 2.45) is 0 Å². The second-order valence-corrected chi connectivity index (χ2v) is 11.0. The van der Waals surface area contributed by atoms with Crippen LogP contribution in [-0.2, 0) is 15.6 Å². The molecule has 4 rings (SSSR count). The molecule has 30 heavy (non-hydrogen) atoms. The number of fused-ring (bicyclic) bond motifs is 3. The predicted molar refractivity (Wildman–Crippen MR) is 112 cm³/mol. The van der Waals surface area contributed by atoms with Crippen LogP contribution < -0.4 is 0 Å². The van der Waals surface area contributed by atoms with Gasteiger partial charge < -0.3 is 29.1 Å². The fourth-order valence-corrected chi connectivity index (χ4v) is 5.61. The lowest BCUT2D eigenvalue weighted by Crippen LogP contribution is -2.31. The Bertz CT molecular complexity index is 1330. The molecular formula is C20H18O8P2. The molecule has 0 aliphatic carbocycles. The number of para-hydroxylation sites is 2. The number of rotatable bonds is 5. The summed E-state index contributed by atoms with van der Waals surface area (Å²) in [6.45, 7) is 0. The summed E-state index contributed by atoms with van der Waals surface area (Å²) < 4.78 is 29.3. The number of aliphatic hydroxyl groups is 1. The van der Waals surface area contributed by atoms with Crippen LogP contribution in [-0.4, -0.2) is 29.8 Å². The first-order valence-corrected chi connectivity index (χ1v) is 12.1. The number of hydrogen-bond donors (Lipinski definition) is 5. The van der Waals surface area contributed by atoms with Gasteiger partial charge in [0.15, 0.2) is 0 Å². The summed E-state index contributed by atoms with van der Waals surface area (Å²) in [5, 5.41) is 8.53. The largest absolute Gasteiger partial charge is 0.455 e. The van der Waals surface area contributed by atoms with Gasteiger partial charge in [0, 0.05) is 22.8 Å². The molecule has 1 aromatic heterocycles. The number of benzene rings is 3. The highest BCUT2D eigenvalue weighted by molar-refractivity contribution is 7.72. The molecule has 0 saturated carbocycles. The average Bonchev–Trinajstić information content (AvgIpc) is 3.05. The first-order valence-electron chi connectivity index (χ1n) is 8.84. The standard InChI is InChI=1S/C20H18O8P2/c21-20(29(22,23)24,30(25,26)27)12-13-5-3-6-14(11-13)15-8-4-9-17-16-7-1-2-10-18(16)28-19(15)17/h1-11,21H,12H2,(H2,22,23,24)(H2,25,26,27). The molecule has 0 radical (unpaired) electrons. The summed E-state index contributed by atoms with van der Waals surface area (Å²) in [7, 11) is -11.1.